The minimum Gasteiger partial charge on any atom is -0.452 e. The Bertz CT molecular complexity index is 1240. The lowest BCUT2D eigenvalue weighted by Gasteiger charge is -2.06. The van der Waals surface area contributed by atoms with Crippen LogP contribution in [-0.4, -0.2) is 38.7 Å². The molecule has 162 valence electrons. The summed E-state index contributed by atoms with van der Waals surface area (Å²) in [5, 5.41) is 8.66. The maximum atomic E-state index is 12.8. The Balaban J connectivity index is 1.45. The number of amides is 2. The minimum atomic E-state index is -0.709. The maximum Gasteiger partial charge on any atom is 0.342 e. The molecular formula is C23H20N4O4S. The second kappa shape index (κ2) is 9.44. The van der Waals surface area contributed by atoms with Gasteiger partial charge in [-0.1, -0.05) is 36.4 Å². The van der Waals surface area contributed by atoms with Crippen molar-refractivity contribution in [2.45, 2.75) is 6.54 Å². The van der Waals surface area contributed by atoms with Crippen molar-refractivity contribution in [2.75, 3.05) is 6.61 Å². The van der Waals surface area contributed by atoms with Crippen LogP contribution in [-0.2, 0) is 23.1 Å². The van der Waals surface area contributed by atoms with E-state index in [4.69, 9.17) is 4.74 Å². The smallest absolute Gasteiger partial charge is 0.342 e. The first kappa shape index (κ1) is 21.3. The number of thiophene rings is 1. The number of imide groups is 1. The Morgan fingerprint density at radius 3 is 2.56 bits per heavy atom. The first-order chi connectivity index (χ1) is 15.5. The molecule has 0 saturated heterocycles. The van der Waals surface area contributed by atoms with Crippen molar-refractivity contribution in [3.8, 4) is 10.6 Å². The van der Waals surface area contributed by atoms with Crippen LogP contribution < -0.4 is 5.32 Å². The Labute approximate surface area is 188 Å². The third-order valence-electron chi connectivity index (χ3n) is 4.69. The molecule has 4 rings (SSSR count). The van der Waals surface area contributed by atoms with E-state index in [2.05, 4.69) is 10.4 Å². The number of aromatic nitrogens is 3. The minimum absolute atomic E-state index is 0.255. The number of carbonyl (C=O) groups is 3. The molecule has 9 heteroatoms. The van der Waals surface area contributed by atoms with Crippen LogP contribution in [0.3, 0.4) is 0 Å². The molecule has 1 N–H and O–H groups in total. The molecule has 0 aliphatic heterocycles. The van der Waals surface area contributed by atoms with E-state index in [1.54, 1.807) is 40.8 Å². The lowest BCUT2D eigenvalue weighted by molar-refractivity contribution is -0.123. The van der Waals surface area contributed by atoms with E-state index in [0.717, 1.165) is 10.4 Å². The fourth-order valence-corrected chi connectivity index (χ4v) is 3.87. The molecule has 0 atom stereocenters. The number of hydrogen-bond acceptors (Lipinski definition) is 6. The summed E-state index contributed by atoms with van der Waals surface area (Å²) in [6.07, 6.45) is 3.30. The van der Waals surface area contributed by atoms with E-state index in [-0.39, 0.29) is 5.56 Å². The highest BCUT2D eigenvalue weighted by molar-refractivity contribution is 7.13. The van der Waals surface area contributed by atoms with Gasteiger partial charge in [-0.3, -0.25) is 19.6 Å². The third-order valence-corrected chi connectivity index (χ3v) is 5.56. The number of benzene rings is 1. The van der Waals surface area contributed by atoms with E-state index in [1.165, 1.54) is 11.3 Å². The summed E-state index contributed by atoms with van der Waals surface area (Å²) < 4.78 is 8.43. The number of rotatable bonds is 7. The van der Waals surface area contributed by atoms with Crippen LogP contribution in [0.15, 0.2) is 72.4 Å². The molecule has 0 fully saturated rings. The SMILES string of the molecule is Cn1cccc1C(=O)NC(=O)COC(=O)c1cn(Cc2ccccc2)nc1-c1cccs1. The molecule has 0 unspecified atom stereocenters. The fraction of sp³-hybridized carbons (Fsp3) is 0.130. The molecule has 0 saturated carbocycles. The van der Waals surface area contributed by atoms with E-state index < -0.39 is 24.4 Å². The van der Waals surface area contributed by atoms with Gasteiger partial charge in [-0.2, -0.15) is 5.10 Å². The molecular weight excluding hydrogens is 428 g/mol. The fourth-order valence-electron chi connectivity index (χ4n) is 3.15. The van der Waals surface area contributed by atoms with Gasteiger partial charge in [-0.15, -0.1) is 11.3 Å². The molecule has 0 spiro atoms. The highest BCUT2D eigenvalue weighted by Gasteiger charge is 2.22. The van der Waals surface area contributed by atoms with Crippen molar-refractivity contribution in [3.63, 3.8) is 0 Å². The predicted molar refractivity (Wildman–Crippen MR) is 119 cm³/mol. The Morgan fingerprint density at radius 2 is 1.88 bits per heavy atom. The van der Waals surface area contributed by atoms with Crippen molar-refractivity contribution >= 4 is 29.1 Å². The molecule has 0 aliphatic rings. The summed E-state index contributed by atoms with van der Waals surface area (Å²) in [6.45, 7) is -0.0963. The number of nitrogens with one attached hydrogen (secondary N) is 1. The maximum absolute atomic E-state index is 12.8. The highest BCUT2D eigenvalue weighted by atomic mass is 32.1. The lowest BCUT2D eigenvalue weighted by atomic mass is 10.2. The first-order valence-electron chi connectivity index (χ1n) is 9.79. The van der Waals surface area contributed by atoms with Gasteiger partial charge in [0.15, 0.2) is 6.61 Å². The van der Waals surface area contributed by atoms with Crippen molar-refractivity contribution in [1.29, 1.82) is 0 Å². The zero-order valence-corrected chi connectivity index (χ0v) is 18.0. The van der Waals surface area contributed by atoms with Gasteiger partial charge in [0.05, 0.1) is 11.4 Å². The van der Waals surface area contributed by atoms with Gasteiger partial charge in [0.25, 0.3) is 11.8 Å². The molecule has 8 nitrogen and oxygen atoms in total. The number of hydrogen-bond donors (Lipinski definition) is 1. The van der Waals surface area contributed by atoms with Gasteiger partial charge in [-0.25, -0.2) is 4.79 Å². The van der Waals surface area contributed by atoms with Crippen molar-refractivity contribution in [2.24, 2.45) is 7.05 Å². The number of nitrogens with zero attached hydrogens (tertiary/aromatic N) is 3. The van der Waals surface area contributed by atoms with E-state index in [9.17, 15) is 14.4 Å². The van der Waals surface area contributed by atoms with Gasteiger partial charge < -0.3 is 9.30 Å². The molecule has 3 aromatic heterocycles. The molecule has 0 bridgehead atoms. The third kappa shape index (κ3) is 4.84. The van der Waals surface area contributed by atoms with Gasteiger partial charge in [-0.05, 0) is 29.1 Å². The van der Waals surface area contributed by atoms with E-state index in [0.29, 0.717) is 17.9 Å². The van der Waals surface area contributed by atoms with E-state index >= 15 is 0 Å². The standard InChI is InChI=1S/C23H20N4O4S/c1-26-11-5-9-18(26)22(29)24-20(28)15-31-23(30)17-14-27(13-16-7-3-2-4-8-16)25-21(17)19-10-6-12-32-19/h2-12,14H,13,15H2,1H3,(H,24,28,29). The summed E-state index contributed by atoms with van der Waals surface area (Å²) in [4.78, 5) is 37.8. The van der Waals surface area contributed by atoms with Gasteiger partial charge in [0.2, 0.25) is 0 Å². The zero-order valence-electron chi connectivity index (χ0n) is 17.2. The van der Waals surface area contributed by atoms with Crippen LogP contribution in [0.25, 0.3) is 10.6 Å². The monoisotopic (exact) mass is 448 g/mol. The topological polar surface area (TPSA) is 95.2 Å². The predicted octanol–water partition coefficient (Wildman–Crippen LogP) is 3.11. The summed E-state index contributed by atoms with van der Waals surface area (Å²) in [5.74, 6) is -1.96. The Kier molecular flexibility index (Phi) is 6.27. The second-order valence-electron chi connectivity index (χ2n) is 7.01. The summed E-state index contributed by atoms with van der Waals surface area (Å²) in [6, 6.07) is 16.8. The van der Waals surface area contributed by atoms with Gasteiger partial charge in [0, 0.05) is 19.4 Å². The Morgan fingerprint density at radius 1 is 1.06 bits per heavy atom. The zero-order chi connectivity index (χ0) is 22.5. The largest absolute Gasteiger partial charge is 0.452 e. The molecule has 0 radical (unpaired) electrons. The van der Waals surface area contributed by atoms with Gasteiger partial charge >= 0.3 is 5.97 Å². The number of aryl methyl sites for hydroxylation is 1. The summed E-state index contributed by atoms with van der Waals surface area (Å²) in [5.41, 5.74) is 2.10. The summed E-state index contributed by atoms with van der Waals surface area (Å²) in [7, 11) is 1.69. The average molecular weight is 449 g/mol. The molecule has 1 aromatic carbocycles. The molecule has 2 amide bonds. The molecule has 3 heterocycles. The van der Waals surface area contributed by atoms with Crippen LogP contribution >= 0.6 is 11.3 Å². The van der Waals surface area contributed by atoms with Crippen molar-refractivity contribution < 1.29 is 19.1 Å². The van der Waals surface area contributed by atoms with Crippen molar-refractivity contribution in [3.05, 3.63) is 89.2 Å². The second-order valence-corrected chi connectivity index (χ2v) is 7.96. The highest BCUT2D eigenvalue weighted by Crippen LogP contribution is 2.27. The van der Waals surface area contributed by atoms with Crippen LogP contribution in [0, 0.1) is 0 Å². The number of carbonyl (C=O) groups excluding carboxylic acids is 3. The van der Waals surface area contributed by atoms with Crippen LogP contribution in [0.4, 0.5) is 0 Å². The number of ether oxygens (including phenoxy) is 1. The number of esters is 1. The lowest BCUT2D eigenvalue weighted by Crippen LogP contribution is -2.35. The Hall–Kier alpha value is -3.98. The van der Waals surface area contributed by atoms with E-state index in [1.807, 2.05) is 47.8 Å². The average Bonchev–Trinajstić information content (AvgIpc) is 3.53. The molecule has 32 heavy (non-hydrogen) atoms. The molecule has 4 aromatic rings. The van der Waals surface area contributed by atoms with Crippen molar-refractivity contribution in [1.82, 2.24) is 19.7 Å². The van der Waals surface area contributed by atoms with Crippen LogP contribution in [0.2, 0.25) is 0 Å². The van der Waals surface area contributed by atoms with Crippen LogP contribution in [0.1, 0.15) is 26.4 Å². The quantitative estimate of drug-likeness (QED) is 0.439. The normalized spacial score (nSPS) is 10.7. The molecule has 0 aliphatic carbocycles. The summed E-state index contributed by atoms with van der Waals surface area (Å²) >= 11 is 1.45. The van der Waals surface area contributed by atoms with Crippen LogP contribution in [0.5, 0.6) is 0 Å². The first-order valence-corrected chi connectivity index (χ1v) is 10.7. The van der Waals surface area contributed by atoms with Gasteiger partial charge in [0.1, 0.15) is 17.0 Å².